The van der Waals surface area contributed by atoms with Gasteiger partial charge in [-0.1, -0.05) is 75.7 Å². The first-order valence-electron chi connectivity index (χ1n) is 7.08. The second-order valence-electron chi connectivity index (χ2n) is 5.23. The highest BCUT2D eigenvalue weighted by molar-refractivity contribution is 6.50. The zero-order valence-electron chi connectivity index (χ0n) is 12.7. The maximum absolute atomic E-state index is 11.2. The molecule has 0 unspecified atom stereocenters. The molecule has 0 radical (unpaired) electrons. The Labute approximate surface area is 179 Å². The fraction of sp³-hybridized carbons (Fsp3) is 0. The molecule has 1 aromatic heterocycles. The van der Waals surface area contributed by atoms with Crippen LogP contribution in [-0.2, 0) is 0 Å². The van der Waals surface area contributed by atoms with Crippen molar-refractivity contribution in [2.24, 2.45) is 0 Å². The van der Waals surface area contributed by atoms with Crippen LogP contribution in [0.2, 0.25) is 30.1 Å². The fourth-order valence-corrected chi connectivity index (χ4v) is 3.67. The van der Waals surface area contributed by atoms with E-state index in [0.29, 0.717) is 44.3 Å². The SMILES string of the molecule is O=Cc1cnc(-c2ccc(Cl)c(Cl)c2Cl)c(-c2ccc(Cl)c(Cl)c2Cl)c1. The summed E-state index contributed by atoms with van der Waals surface area (Å²) >= 11 is 37.1. The Bertz CT molecular complexity index is 1030. The van der Waals surface area contributed by atoms with Gasteiger partial charge in [-0.2, -0.15) is 0 Å². The minimum Gasteiger partial charge on any atom is -0.298 e. The largest absolute Gasteiger partial charge is 0.298 e. The average Bonchev–Trinajstić information content (AvgIpc) is 2.64. The highest BCUT2D eigenvalue weighted by Crippen LogP contribution is 2.44. The van der Waals surface area contributed by atoms with E-state index in [1.807, 2.05) is 0 Å². The normalized spacial score (nSPS) is 10.8. The molecule has 8 heteroatoms. The molecule has 0 aliphatic rings. The molecule has 2 aromatic carbocycles. The van der Waals surface area contributed by atoms with E-state index in [0.717, 1.165) is 0 Å². The van der Waals surface area contributed by atoms with Gasteiger partial charge in [0.05, 0.1) is 35.8 Å². The van der Waals surface area contributed by atoms with Crippen molar-refractivity contribution >= 4 is 75.9 Å². The Kier molecular flexibility index (Phi) is 6.03. The van der Waals surface area contributed by atoms with Crippen LogP contribution in [0.4, 0.5) is 0 Å². The summed E-state index contributed by atoms with van der Waals surface area (Å²) in [7, 11) is 0. The van der Waals surface area contributed by atoms with Gasteiger partial charge in [0, 0.05) is 28.5 Å². The summed E-state index contributed by atoms with van der Waals surface area (Å²) in [5.41, 5.74) is 2.48. The number of aldehydes is 1. The van der Waals surface area contributed by atoms with Crippen LogP contribution in [0.25, 0.3) is 22.4 Å². The Balaban J connectivity index is 2.35. The summed E-state index contributed by atoms with van der Waals surface area (Å²) in [6.07, 6.45) is 2.11. The molecule has 0 N–H and O–H groups in total. The molecule has 0 saturated heterocycles. The maximum Gasteiger partial charge on any atom is 0.151 e. The molecule has 3 aromatic rings. The topological polar surface area (TPSA) is 30.0 Å². The average molecular weight is 466 g/mol. The number of carbonyl (C=O) groups excluding carboxylic acids is 1. The van der Waals surface area contributed by atoms with Crippen molar-refractivity contribution in [3.63, 3.8) is 0 Å². The lowest BCUT2D eigenvalue weighted by Gasteiger charge is -2.14. The van der Waals surface area contributed by atoms with E-state index in [2.05, 4.69) is 4.98 Å². The molecule has 0 saturated carbocycles. The predicted molar refractivity (Wildman–Crippen MR) is 111 cm³/mol. The summed E-state index contributed by atoms with van der Waals surface area (Å²) in [5, 5.41) is 1.52. The van der Waals surface area contributed by atoms with Gasteiger partial charge in [0.2, 0.25) is 0 Å². The molecule has 0 aliphatic carbocycles. The van der Waals surface area contributed by atoms with Gasteiger partial charge in [-0.15, -0.1) is 0 Å². The Morgan fingerprint density at radius 3 is 1.81 bits per heavy atom. The number of hydrogen-bond donors (Lipinski definition) is 0. The number of pyridine rings is 1. The first-order chi connectivity index (χ1) is 12.3. The van der Waals surface area contributed by atoms with E-state index < -0.39 is 0 Å². The lowest BCUT2D eigenvalue weighted by Crippen LogP contribution is -1.95. The molecule has 0 bridgehead atoms. The van der Waals surface area contributed by atoms with Crippen molar-refractivity contribution < 1.29 is 4.79 Å². The van der Waals surface area contributed by atoms with E-state index in [1.54, 1.807) is 30.3 Å². The lowest BCUT2D eigenvalue weighted by atomic mass is 9.98. The highest BCUT2D eigenvalue weighted by Gasteiger charge is 2.19. The van der Waals surface area contributed by atoms with Crippen LogP contribution in [0.15, 0.2) is 36.5 Å². The summed E-state index contributed by atoms with van der Waals surface area (Å²) in [6, 6.07) is 8.24. The van der Waals surface area contributed by atoms with Crippen LogP contribution in [0.5, 0.6) is 0 Å². The minimum absolute atomic E-state index is 0.202. The van der Waals surface area contributed by atoms with Crippen molar-refractivity contribution in [2.75, 3.05) is 0 Å². The second-order valence-corrected chi connectivity index (χ2v) is 7.55. The van der Waals surface area contributed by atoms with Crippen molar-refractivity contribution in [3.05, 3.63) is 72.2 Å². The van der Waals surface area contributed by atoms with Crippen LogP contribution < -0.4 is 0 Å². The van der Waals surface area contributed by atoms with Crippen LogP contribution in [0, 0.1) is 0 Å². The van der Waals surface area contributed by atoms with Gasteiger partial charge in [0.15, 0.2) is 6.29 Å². The Morgan fingerprint density at radius 2 is 1.23 bits per heavy atom. The van der Waals surface area contributed by atoms with Gasteiger partial charge in [-0.05, 0) is 24.3 Å². The molecule has 0 atom stereocenters. The van der Waals surface area contributed by atoms with Crippen LogP contribution in [-0.4, -0.2) is 11.3 Å². The molecule has 3 rings (SSSR count). The second kappa shape index (κ2) is 7.93. The highest BCUT2D eigenvalue weighted by atomic mass is 35.5. The van der Waals surface area contributed by atoms with E-state index in [1.165, 1.54) is 6.20 Å². The van der Waals surface area contributed by atoms with Gasteiger partial charge in [0.1, 0.15) is 0 Å². The first kappa shape index (κ1) is 19.8. The van der Waals surface area contributed by atoms with Crippen LogP contribution in [0.1, 0.15) is 10.4 Å². The van der Waals surface area contributed by atoms with E-state index >= 15 is 0 Å². The molecule has 132 valence electrons. The number of hydrogen-bond acceptors (Lipinski definition) is 2. The van der Waals surface area contributed by atoms with Crippen molar-refractivity contribution in [2.45, 2.75) is 0 Å². The molecule has 0 fully saturated rings. The molecule has 0 spiro atoms. The number of aromatic nitrogens is 1. The molecular formula is C18H7Cl6NO. The molecule has 2 nitrogen and oxygen atoms in total. The first-order valence-corrected chi connectivity index (χ1v) is 9.35. The lowest BCUT2D eigenvalue weighted by molar-refractivity contribution is 0.112. The number of nitrogens with zero attached hydrogens (tertiary/aromatic N) is 1. The van der Waals surface area contributed by atoms with Crippen molar-refractivity contribution in [1.29, 1.82) is 0 Å². The number of rotatable bonds is 3. The van der Waals surface area contributed by atoms with Gasteiger partial charge in [0.25, 0.3) is 0 Å². The van der Waals surface area contributed by atoms with E-state index in [9.17, 15) is 4.79 Å². The van der Waals surface area contributed by atoms with E-state index in [4.69, 9.17) is 69.6 Å². The molecule has 1 heterocycles. The third-order valence-corrected chi connectivity index (χ3v) is 6.25. The quantitative estimate of drug-likeness (QED) is 0.288. The summed E-state index contributed by atoms with van der Waals surface area (Å²) in [4.78, 5) is 15.6. The zero-order chi connectivity index (χ0) is 19.0. The number of carbonyl (C=O) groups is 1. The molecule has 0 aliphatic heterocycles. The smallest absolute Gasteiger partial charge is 0.151 e. The standard InChI is InChI=1S/C18H7Cl6NO/c19-12-3-1-9(14(21)16(12)23)11-5-8(7-26)6-25-18(11)10-2-4-13(20)17(24)15(10)22/h1-7H. The fourth-order valence-electron chi connectivity index (χ4n) is 2.41. The summed E-state index contributed by atoms with van der Waals surface area (Å²) in [5.74, 6) is 0. The van der Waals surface area contributed by atoms with Gasteiger partial charge in [-0.25, -0.2) is 0 Å². The summed E-state index contributed by atoms with van der Waals surface area (Å²) < 4.78 is 0. The molecule has 26 heavy (non-hydrogen) atoms. The molecular weight excluding hydrogens is 459 g/mol. The number of halogens is 6. The van der Waals surface area contributed by atoms with Crippen LogP contribution in [0.3, 0.4) is 0 Å². The summed E-state index contributed by atoms with van der Waals surface area (Å²) in [6.45, 7) is 0. The third-order valence-electron chi connectivity index (χ3n) is 3.66. The van der Waals surface area contributed by atoms with Crippen molar-refractivity contribution in [1.82, 2.24) is 4.98 Å². The minimum atomic E-state index is 0.202. The monoisotopic (exact) mass is 463 g/mol. The Morgan fingerprint density at radius 1 is 0.692 bits per heavy atom. The zero-order valence-corrected chi connectivity index (χ0v) is 17.2. The Hall–Kier alpha value is -1.000. The predicted octanol–water partition coefficient (Wildman–Crippen LogP) is 8.15. The van der Waals surface area contributed by atoms with Gasteiger partial charge < -0.3 is 0 Å². The third kappa shape index (κ3) is 3.55. The number of benzene rings is 2. The maximum atomic E-state index is 11.2. The molecule has 0 amide bonds. The van der Waals surface area contributed by atoms with Gasteiger partial charge in [-0.3, -0.25) is 9.78 Å². The van der Waals surface area contributed by atoms with Gasteiger partial charge >= 0.3 is 0 Å². The van der Waals surface area contributed by atoms with E-state index in [-0.39, 0.29) is 20.1 Å². The van der Waals surface area contributed by atoms with Crippen LogP contribution >= 0.6 is 69.6 Å². The van der Waals surface area contributed by atoms with Crippen molar-refractivity contribution in [3.8, 4) is 22.4 Å².